The van der Waals surface area contributed by atoms with Crippen LogP contribution in [0.25, 0.3) is 21.5 Å². The van der Waals surface area contributed by atoms with Crippen LogP contribution in [0, 0.1) is 0 Å². The molecule has 3 heterocycles. The van der Waals surface area contributed by atoms with Crippen LogP contribution in [-0.2, 0) is 19.4 Å². The minimum atomic E-state index is -0.00403. The second-order valence-electron chi connectivity index (χ2n) is 7.05. The first-order valence-corrected chi connectivity index (χ1v) is 10.6. The van der Waals surface area contributed by atoms with E-state index in [-0.39, 0.29) is 12.1 Å². The molecule has 7 heteroatoms. The Bertz CT molecular complexity index is 1210. The fraction of sp³-hybridized carbons (Fsp3) is 0.286. The van der Waals surface area contributed by atoms with E-state index in [1.165, 1.54) is 23.3 Å². The summed E-state index contributed by atoms with van der Waals surface area (Å²) < 4.78 is 7.45. The maximum atomic E-state index is 13.1. The zero-order chi connectivity index (χ0) is 19.1. The average molecular weight is 412 g/mol. The third-order valence-electron chi connectivity index (χ3n) is 5.18. The molecule has 28 heavy (non-hydrogen) atoms. The second kappa shape index (κ2) is 7.18. The average Bonchev–Trinajstić information content (AvgIpc) is 3.23. The number of hydrogen-bond donors (Lipinski definition) is 0. The Balaban J connectivity index is 1.49. The largest absolute Gasteiger partial charge is 0.439 e. The number of rotatable bonds is 3. The molecule has 0 atom stereocenters. The Morgan fingerprint density at radius 2 is 1.93 bits per heavy atom. The molecule has 5 nitrogen and oxygen atoms in total. The summed E-state index contributed by atoms with van der Waals surface area (Å²) in [6, 6.07) is 7.38. The molecule has 4 aromatic rings. The number of nitrogens with zero attached hydrogens (tertiary/aromatic N) is 3. The van der Waals surface area contributed by atoms with Crippen LogP contribution < -0.4 is 5.56 Å². The number of aromatic nitrogens is 3. The van der Waals surface area contributed by atoms with E-state index >= 15 is 0 Å². The number of aryl methyl sites for hydroxylation is 2. The molecule has 0 radical (unpaired) electrons. The number of oxazole rings is 1. The fourth-order valence-electron chi connectivity index (χ4n) is 3.75. The van der Waals surface area contributed by atoms with Gasteiger partial charge in [-0.2, -0.15) is 0 Å². The zero-order valence-corrected chi connectivity index (χ0v) is 16.7. The molecular formula is C21H18ClN3O2S. The molecule has 1 aromatic carbocycles. The lowest BCUT2D eigenvalue weighted by Gasteiger charge is -2.04. The standard InChI is InChI=1S/C21H18ClN3O2S/c22-14-8-6-13(7-9-14)16-10-23-18(27-16)11-25-12-24-20-19(21(25)26)15-4-2-1-3-5-17(15)28-20/h6-10,12H,1-5,11H2. The van der Waals surface area contributed by atoms with Crippen LogP contribution in [0.1, 0.15) is 35.6 Å². The lowest BCUT2D eigenvalue weighted by atomic mass is 10.1. The van der Waals surface area contributed by atoms with Crippen molar-refractivity contribution in [2.75, 3.05) is 0 Å². The molecule has 3 aromatic heterocycles. The quantitative estimate of drug-likeness (QED) is 0.441. The van der Waals surface area contributed by atoms with Crippen LogP contribution >= 0.6 is 22.9 Å². The number of hydrogen-bond acceptors (Lipinski definition) is 5. The second-order valence-corrected chi connectivity index (χ2v) is 8.57. The Labute approximate surface area is 170 Å². The van der Waals surface area contributed by atoms with Gasteiger partial charge in [0.15, 0.2) is 5.76 Å². The van der Waals surface area contributed by atoms with E-state index < -0.39 is 0 Å². The van der Waals surface area contributed by atoms with Gasteiger partial charge in [-0.3, -0.25) is 9.36 Å². The molecule has 142 valence electrons. The third kappa shape index (κ3) is 3.16. The van der Waals surface area contributed by atoms with E-state index in [1.807, 2.05) is 24.3 Å². The summed E-state index contributed by atoms with van der Waals surface area (Å²) in [7, 11) is 0. The molecule has 0 amide bonds. The van der Waals surface area contributed by atoms with Crippen molar-refractivity contribution in [2.45, 2.75) is 38.6 Å². The van der Waals surface area contributed by atoms with Crippen molar-refractivity contribution in [3.8, 4) is 11.3 Å². The van der Waals surface area contributed by atoms with Crippen molar-refractivity contribution in [3.05, 3.63) is 68.5 Å². The van der Waals surface area contributed by atoms with Gasteiger partial charge in [0.1, 0.15) is 11.4 Å². The van der Waals surface area contributed by atoms with Gasteiger partial charge in [-0.1, -0.05) is 18.0 Å². The summed E-state index contributed by atoms with van der Waals surface area (Å²) in [6.07, 6.45) is 8.85. The van der Waals surface area contributed by atoms with Gasteiger partial charge in [0.25, 0.3) is 5.56 Å². The Kier molecular flexibility index (Phi) is 4.53. The predicted molar refractivity (Wildman–Crippen MR) is 111 cm³/mol. The molecule has 0 N–H and O–H groups in total. The van der Waals surface area contributed by atoms with Crippen LogP contribution in [0.3, 0.4) is 0 Å². The van der Waals surface area contributed by atoms with Crippen LogP contribution in [-0.4, -0.2) is 14.5 Å². The van der Waals surface area contributed by atoms with Crippen LogP contribution in [0.2, 0.25) is 5.02 Å². The smallest absolute Gasteiger partial charge is 0.262 e. The molecule has 0 bridgehead atoms. The Morgan fingerprint density at radius 3 is 2.79 bits per heavy atom. The summed E-state index contributed by atoms with van der Waals surface area (Å²) in [5.41, 5.74) is 2.10. The summed E-state index contributed by atoms with van der Waals surface area (Å²) in [4.78, 5) is 24.2. The normalized spacial score (nSPS) is 14.2. The van der Waals surface area contributed by atoms with Gasteiger partial charge in [-0.25, -0.2) is 9.97 Å². The van der Waals surface area contributed by atoms with Crippen molar-refractivity contribution in [3.63, 3.8) is 0 Å². The van der Waals surface area contributed by atoms with Gasteiger partial charge in [0, 0.05) is 15.5 Å². The Hall–Kier alpha value is -2.44. The highest BCUT2D eigenvalue weighted by molar-refractivity contribution is 7.18. The molecule has 0 unspecified atom stereocenters. The molecule has 0 spiro atoms. The van der Waals surface area contributed by atoms with E-state index in [9.17, 15) is 4.79 Å². The molecule has 5 rings (SSSR count). The first kappa shape index (κ1) is 17.6. The lowest BCUT2D eigenvalue weighted by Crippen LogP contribution is -2.21. The summed E-state index contributed by atoms with van der Waals surface area (Å²) >= 11 is 7.61. The van der Waals surface area contributed by atoms with E-state index in [0.29, 0.717) is 16.7 Å². The molecule has 1 aliphatic rings. The van der Waals surface area contributed by atoms with Crippen molar-refractivity contribution in [2.24, 2.45) is 0 Å². The first-order chi connectivity index (χ1) is 13.7. The van der Waals surface area contributed by atoms with Gasteiger partial charge >= 0.3 is 0 Å². The molecule has 0 fully saturated rings. The van der Waals surface area contributed by atoms with Gasteiger partial charge < -0.3 is 4.42 Å². The predicted octanol–water partition coefficient (Wildman–Crippen LogP) is 5.08. The number of benzene rings is 1. The summed E-state index contributed by atoms with van der Waals surface area (Å²) in [5.74, 6) is 1.13. The van der Waals surface area contributed by atoms with Crippen LogP contribution in [0.15, 0.2) is 46.0 Å². The number of halogens is 1. The zero-order valence-electron chi connectivity index (χ0n) is 15.2. The maximum Gasteiger partial charge on any atom is 0.262 e. The van der Waals surface area contributed by atoms with E-state index in [1.54, 1.807) is 28.4 Å². The van der Waals surface area contributed by atoms with Gasteiger partial charge in [0.05, 0.1) is 17.9 Å². The van der Waals surface area contributed by atoms with Crippen molar-refractivity contribution < 1.29 is 4.42 Å². The number of thiophene rings is 1. The Morgan fingerprint density at radius 1 is 1.11 bits per heavy atom. The van der Waals surface area contributed by atoms with Gasteiger partial charge in [-0.05, 0) is 55.5 Å². The minimum absolute atomic E-state index is 0.00403. The highest BCUT2D eigenvalue weighted by Crippen LogP contribution is 2.32. The highest BCUT2D eigenvalue weighted by atomic mass is 35.5. The van der Waals surface area contributed by atoms with Crippen molar-refractivity contribution in [1.82, 2.24) is 14.5 Å². The van der Waals surface area contributed by atoms with Crippen molar-refractivity contribution in [1.29, 1.82) is 0 Å². The minimum Gasteiger partial charge on any atom is -0.439 e. The SMILES string of the molecule is O=c1c2c3c(sc2ncn1Cc1ncc(-c2ccc(Cl)cc2)o1)CCCCC3. The molecular weight excluding hydrogens is 394 g/mol. The van der Waals surface area contributed by atoms with Crippen molar-refractivity contribution >= 4 is 33.2 Å². The summed E-state index contributed by atoms with van der Waals surface area (Å²) in [6.45, 7) is 0.264. The lowest BCUT2D eigenvalue weighted by molar-refractivity contribution is 0.484. The van der Waals surface area contributed by atoms with Gasteiger partial charge in [0.2, 0.25) is 5.89 Å². The van der Waals surface area contributed by atoms with Crippen LogP contribution in [0.4, 0.5) is 0 Å². The summed E-state index contributed by atoms with van der Waals surface area (Å²) in [5, 5.41) is 1.46. The van der Waals surface area contributed by atoms with E-state index in [4.69, 9.17) is 16.0 Å². The van der Waals surface area contributed by atoms with E-state index in [2.05, 4.69) is 9.97 Å². The number of fused-ring (bicyclic) bond motifs is 3. The van der Waals surface area contributed by atoms with E-state index in [0.717, 1.165) is 35.0 Å². The first-order valence-electron chi connectivity index (χ1n) is 9.39. The molecule has 0 saturated carbocycles. The molecule has 1 aliphatic carbocycles. The monoisotopic (exact) mass is 411 g/mol. The maximum absolute atomic E-state index is 13.1. The molecule has 0 aliphatic heterocycles. The fourth-order valence-corrected chi connectivity index (χ4v) is 5.09. The van der Waals surface area contributed by atoms with Gasteiger partial charge in [-0.15, -0.1) is 11.3 Å². The topological polar surface area (TPSA) is 60.9 Å². The third-order valence-corrected chi connectivity index (χ3v) is 6.63. The molecule has 0 saturated heterocycles. The van der Waals surface area contributed by atoms with Crippen LogP contribution in [0.5, 0.6) is 0 Å². The highest BCUT2D eigenvalue weighted by Gasteiger charge is 2.19.